The molecule has 1 rings (SSSR count). The largest absolute Gasteiger partial charge is 0.368 e. The van der Waals surface area contributed by atoms with Crippen LogP contribution in [0.1, 0.15) is 10.9 Å². The van der Waals surface area contributed by atoms with E-state index in [4.69, 9.17) is 11.5 Å². The lowest BCUT2D eigenvalue weighted by atomic mass is 10.2. The first kappa shape index (κ1) is 11.6. The van der Waals surface area contributed by atoms with E-state index in [1.165, 1.54) is 11.3 Å². The Morgan fingerprint density at radius 3 is 2.87 bits per heavy atom. The Bertz CT molecular complexity index is 339. The minimum absolute atomic E-state index is 0.372. The van der Waals surface area contributed by atoms with Crippen molar-refractivity contribution in [2.45, 2.75) is 6.04 Å². The van der Waals surface area contributed by atoms with Crippen LogP contribution in [0.2, 0.25) is 0 Å². The number of primary amides is 1. The van der Waals surface area contributed by atoms with E-state index in [1.54, 1.807) is 12.1 Å². The molecular weight excluding hydrogens is 218 g/mol. The molecule has 2 amide bonds. The van der Waals surface area contributed by atoms with Gasteiger partial charge >= 0.3 is 0 Å². The topological polar surface area (TPSA) is 107 Å². The third-order valence-electron chi connectivity index (χ3n) is 1.52. The van der Waals surface area contributed by atoms with Gasteiger partial charge in [-0.05, 0) is 11.4 Å². The predicted octanol–water partition coefficient (Wildman–Crippen LogP) is -0.719. The maximum atomic E-state index is 11.3. The van der Waals surface area contributed by atoms with Crippen LogP contribution in [0.5, 0.6) is 0 Å². The zero-order valence-electron chi connectivity index (χ0n) is 7.80. The molecule has 1 aromatic heterocycles. The van der Waals surface area contributed by atoms with Crippen molar-refractivity contribution in [2.24, 2.45) is 11.5 Å². The van der Waals surface area contributed by atoms with E-state index in [2.05, 4.69) is 4.84 Å². The second-order valence-corrected chi connectivity index (χ2v) is 3.69. The van der Waals surface area contributed by atoms with Crippen LogP contribution in [0.4, 0.5) is 0 Å². The van der Waals surface area contributed by atoms with Crippen molar-refractivity contribution >= 4 is 23.2 Å². The van der Waals surface area contributed by atoms with E-state index in [1.807, 2.05) is 10.9 Å². The van der Waals surface area contributed by atoms with Crippen LogP contribution in [0, 0.1) is 0 Å². The smallest absolute Gasteiger partial charge is 0.265 e. The van der Waals surface area contributed by atoms with Crippen molar-refractivity contribution in [1.82, 2.24) is 5.48 Å². The van der Waals surface area contributed by atoms with Crippen molar-refractivity contribution in [3.63, 3.8) is 0 Å². The summed E-state index contributed by atoms with van der Waals surface area (Å²) >= 11 is 1.37. The van der Waals surface area contributed by atoms with Gasteiger partial charge in [0.05, 0.1) is 0 Å². The maximum absolute atomic E-state index is 11.3. The Hall–Kier alpha value is -1.44. The van der Waals surface area contributed by atoms with Gasteiger partial charge in [0.15, 0.2) is 6.61 Å². The first-order valence-corrected chi connectivity index (χ1v) is 4.98. The Morgan fingerprint density at radius 2 is 2.33 bits per heavy atom. The molecule has 0 fully saturated rings. The average molecular weight is 229 g/mol. The van der Waals surface area contributed by atoms with Gasteiger partial charge in [0.25, 0.3) is 5.91 Å². The van der Waals surface area contributed by atoms with E-state index in [9.17, 15) is 9.59 Å². The number of hydrogen-bond acceptors (Lipinski definition) is 5. The zero-order chi connectivity index (χ0) is 11.3. The summed E-state index contributed by atoms with van der Waals surface area (Å²) < 4.78 is 0. The van der Waals surface area contributed by atoms with Gasteiger partial charge in [-0.2, -0.15) is 0 Å². The summed E-state index contributed by atoms with van der Waals surface area (Å²) in [6.45, 7) is -0.372. The molecule has 0 radical (unpaired) electrons. The fourth-order valence-electron chi connectivity index (χ4n) is 0.839. The third-order valence-corrected chi connectivity index (χ3v) is 2.47. The number of thiophene rings is 1. The first-order chi connectivity index (χ1) is 7.11. The number of nitrogens with one attached hydrogen (secondary N) is 1. The van der Waals surface area contributed by atoms with Crippen molar-refractivity contribution < 1.29 is 14.4 Å². The number of hydroxylamine groups is 1. The molecule has 0 saturated carbocycles. The van der Waals surface area contributed by atoms with Crippen LogP contribution < -0.4 is 16.9 Å². The average Bonchev–Trinajstić information content (AvgIpc) is 2.68. The van der Waals surface area contributed by atoms with E-state index in [-0.39, 0.29) is 6.61 Å². The van der Waals surface area contributed by atoms with Crippen LogP contribution in [0.25, 0.3) is 0 Å². The number of hydrogen-bond donors (Lipinski definition) is 3. The molecule has 1 unspecified atom stereocenters. The maximum Gasteiger partial charge on any atom is 0.265 e. The molecule has 0 aromatic carbocycles. The minimum Gasteiger partial charge on any atom is -0.368 e. The van der Waals surface area contributed by atoms with E-state index < -0.39 is 17.9 Å². The molecule has 15 heavy (non-hydrogen) atoms. The van der Waals surface area contributed by atoms with Crippen LogP contribution in [0.3, 0.4) is 0 Å². The molecule has 1 atom stereocenters. The van der Waals surface area contributed by atoms with Gasteiger partial charge < -0.3 is 11.5 Å². The lowest BCUT2D eigenvalue weighted by Gasteiger charge is -2.09. The zero-order valence-corrected chi connectivity index (χ0v) is 8.62. The number of amides is 2. The molecule has 82 valence electrons. The summed E-state index contributed by atoms with van der Waals surface area (Å²) in [5.41, 5.74) is 12.5. The Morgan fingerprint density at radius 1 is 1.60 bits per heavy atom. The molecule has 0 aliphatic heterocycles. The molecule has 1 aromatic rings. The van der Waals surface area contributed by atoms with Crippen LogP contribution in [0.15, 0.2) is 17.5 Å². The summed E-state index contributed by atoms with van der Waals surface area (Å²) in [6, 6.07) is 2.73. The van der Waals surface area contributed by atoms with Gasteiger partial charge in [0.1, 0.15) is 6.04 Å². The molecular formula is C8H11N3O3S. The normalized spacial score (nSPS) is 12.1. The second kappa shape index (κ2) is 5.44. The van der Waals surface area contributed by atoms with Crippen LogP contribution in [-0.2, 0) is 14.4 Å². The second-order valence-electron chi connectivity index (χ2n) is 2.71. The van der Waals surface area contributed by atoms with Crippen LogP contribution in [-0.4, -0.2) is 18.4 Å². The van der Waals surface area contributed by atoms with E-state index in [0.29, 0.717) is 0 Å². The first-order valence-electron chi connectivity index (χ1n) is 4.10. The predicted molar refractivity (Wildman–Crippen MR) is 54.5 cm³/mol. The molecule has 0 aliphatic carbocycles. The summed E-state index contributed by atoms with van der Waals surface area (Å²) in [6.07, 6.45) is 0. The molecule has 0 saturated heterocycles. The molecule has 0 aliphatic rings. The van der Waals surface area contributed by atoms with Gasteiger partial charge in [0.2, 0.25) is 5.91 Å². The highest BCUT2D eigenvalue weighted by Crippen LogP contribution is 2.16. The lowest BCUT2D eigenvalue weighted by molar-refractivity contribution is -0.139. The molecule has 0 bridgehead atoms. The highest BCUT2D eigenvalue weighted by Gasteiger charge is 2.16. The quantitative estimate of drug-likeness (QED) is 0.579. The summed E-state index contributed by atoms with van der Waals surface area (Å²) in [5.74, 6) is -1.18. The van der Waals surface area contributed by atoms with E-state index in [0.717, 1.165) is 4.88 Å². The summed E-state index contributed by atoms with van der Waals surface area (Å²) in [7, 11) is 0. The SMILES string of the molecule is NC(=O)CONC(=O)C(N)c1cccs1. The number of nitrogens with two attached hydrogens (primary N) is 2. The van der Waals surface area contributed by atoms with Gasteiger partial charge in [-0.15, -0.1) is 11.3 Å². The molecule has 1 heterocycles. The number of rotatable bonds is 5. The Labute approximate surface area is 90.2 Å². The highest BCUT2D eigenvalue weighted by atomic mass is 32.1. The Kier molecular flexibility index (Phi) is 4.22. The molecule has 7 heteroatoms. The van der Waals surface area contributed by atoms with Crippen molar-refractivity contribution in [3.8, 4) is 0 Å². The van der Waals surface area contributed by atoms with Gasteiger partial charge in [-0.3, -0.25) is 14.4 Å². The van der Waals surface area contributed by atoms with Crippen molar-refractivity contribution in [1.29, 1.82) is 0 Å². The van der Waals surface area contributed by atoms with Crippen molar-refractivity contribution in [2.75, 3.05) is 6.61 Å². The lowest BCUT2D eigenvalue weighted by Crippen LogP contribution is -2.35. The monoisotopic (exact) mass is 229 g/mol. The molecule has 5 N–H and O–H groups in total. The number of carbonyl (C=O) groups excluding carboxylic acids is 2. The van der Waals surface area contributed by atoms with Gasteiger partial charge in [-0.25, -0.2) is 5.48 Å². The van der Waals surface area contributed by atoms with Crippen LogP contribution >= 0.6 is 11.3 Å². The fourth-order valence-corrected chi connectivity index (χ4v) is 1.56. The minimum atomic E-state index is -0.794. The highest BCUT2D eigenvalue weighted by molar-refractivity contribution is 7.10. The van der Waals surface area contributed by atoms with E-state index >= 15 is 0 Å². The molecule has 6 nitrogen and oxygen atoms in total. The van der Waals surface area contributed by atoms with Gasteiger partial charge in [0, 0.05) is 4.88 Å². The van der Waals surface area contributed by atoms with Crippen molar-refractivity contribution in [3.05, 3.63) is 22.4 Å². The molecule has 0 spiro atoms. The number of carbonyl (C=O) groups is 2. The fraction of sp³-hybridized carbons (Fsp3) is 0.250. The standard InChI is InChI=1S/C8H11N3O3S/c9-6(12)4-14-11-8(13)7(10)5-2-1-3-15-5/h1-3,7H,4,10H2,(H2,9,12)(H,11,13). The summed E-state index contributed by atoms with van der Waals surface area (Å²) in [4.78, 5) is 26.9. The van der Waals surface area contributed by atoms with Gasteiger partial charge in [-0.1, -0.05) is 6.07 Å². The summed E-state index contributed by atoms with van der Waals surface area (Å²) in [5, 5.41) is 1.81. The Balaban J connectivity index is 2.37. The third kappa shape index (κ3) is 3.66.